The molecule has 2 atom stereocenters. The molecule has 0 bridgehead atoms. The van der Waals surface area contributed by atoms with Gasteiger partial charge in [0, 0.05) is 0 Å². The van der Waals surface area contributed by atoms with Gasteiger partial charge in [-0.25, -0.2) is 4.57 Å². The summed E-state index contributed by atoms with van der Waals surface area (Å²) >= 11 is 0. The van der Waals surface area contributed by atoms with Crippen LogP contribution >= 0.6 is 7.82 Å². The molecule has 102 valence electrons. The third kappa shape index (κ3) is 7.54. The fourth-order valence-corrected chi connectivity index (χ4v) is 2.48. The van der Waals surface area contributed by atoms with Gasteiger partial charge in [-0.15, -0.1) is 12.8 Å². The monoisotopic (exact) mass is 272 g/mol. The largest absolute Gasteiger partial charge is 0.477 e. The minimum Gasteiger partial charge on any atom is -0.287 e. The predicted octanol–water partition coefficient (Wildman–Crippen LogP) is 3.38. The van der Waals surface area contributed by atoms with Crippen LogP contribution in [0.15, 0.2) is 0 Å². The van der Waals surface area contributed by atoms with Gasteiger partial charge in [0.1, 0.15) is 12.2 Å². The molecule has 0 heterocycles. The Balaban J connectivity index is 4.46. The first-order chi connectivity index (χ1) is 8.47. The fourth-order valence-electron chi connectivity index (χ4n) is 1.06. The third-order valence-electron chi connectivity index (χ3n) is 2.04. The lowest BCUT2D eigenvalue weighted by Gasteiger charge is -2.20. The van der Waals surface area contributed by atoms with Crippen LogP contribution < -0.4 is 0 Å². The Morgan fingerprint density at radius 2 is 1.61 bits per heavy atom. The molecular weight excluding hydrogens is 251 g/mol. The lowest BCUT2D eigenvalue weighted by molar-refractivity contribution is 0.0898. The number of unbranched alkanes of at least 4 members (excludes halogenated alkanes) is 2. The summed E-state index contributed by atoms with van der Waals surface area (Å²) in [7, 11) is -3.69. The highest BCUT2D eigenvalue weighted by Gasteiger charge is 2.30. The summed E-state index contributed by atoms with van der Waals surface area (Å²) in [5.41, 5.74) is 0. The van der Waals surface area contributed by atoms with Crippen molar-refractivity contribution in [3.05, 3.63) is 0 Å². The maximum atomic E-state index is 12.3. The highest BCUT2D eigenvalue weighted by Crippen LogP contribution is 2.51. The smallest absolute Gasteiger partial charge is 0.287 e. The summed E-state index contributed by atoms with van der Waals surface area (Å²) < 4.78 is 27.7. The second-order valence-corrected chi connectivity index (χ2v) is 5.39. The Labute approximate surface area is 110 Å². The zero-order chi connectivity index (χ0) is 14.0. The van der Waals surface area contributed by atoms with Crippen molar-refractivity contribution < 1.29 is 18.1 Å². The number of terminal acetylenes is 2. The van der Waals surface area contributed by atoms with Crippen molar-refractivity contribution in [2.45, 2.75) is 52.2 Å². The van der Waals surface area contributed by atoms with E-state index in [-0.39, 0.29) is 0 Å². The number of phosphoric ester groups is 1. The zero-order valence-electron chi connectivity index (χ0n) is 11.2. The van der Waals surface area contributed by atoms with Crippen LogP contribution in [-0.2, 0) is 18.1 Å². The molecule has 0 rings (SSSR count). The van der Waals surface area contributed by atoms with Crippen LogP contribution in [0.2, 0.25) is 0 Å². The summed E-state index contributed by atoms with van der Waals surface area (Å²) in [6.45, 7) is 5.53. The minimum absolute atomic E-state index is 0.291. The van der Waals surface area contributed by atoms with Gasteiger partial charge in [0.05, 0.1) is 6.61 Å². The molecule has 18 heavy (non-hydrogen) atoms. The Hall–Kier alpha value is -0.770. The molecule has 0 fully saturated rings. The third-order valence-corrected chi connectivity index (χ3v) is 3.69. The number of phosphoric acid groups is 1. The van der Waals surface area contributed by atoms with Crippen LogP contribution in [0.1, 0.15) is 40.0 Å². The topological polar surface area (TPSA) is 44.8 Å². The second kappa shape index (κ2) is 9.20. The van der Waals surface area contributed by atoms with E-state index in [1.807, 2.05) is 0 Å². The molecule has 0 radical (unpaired) electrons. The lowest BCUT2D eigenvalue weighted by atomic mass is 10.3. The van der Waals surface area contributed by atoms with Crippen molar-refractivity contribution in [3.8, 4) is 24.7 Å². The molecule has 0 saturated carbocycles. The van der Waals surface area contributed by atoms with Gasteiger partial charge in [-0.05, 0) is 20.3 Å². The van der Waals surface area contributed by atoms with Crippen LogP contribution in [0.25, 0.3) is 0 Å². The SMILES string of the molecule is C#CC(C)OP(=O)(OCCCCC)OC(C)C#C. The summed E-state index contributed by atoms with van der Waals surface area (Å²) in [6, 6.07) is 0. The molecule has 0 aromatic heterocycles. The maximum absolute atomic E-state index is 12.3. The molecule has 0 aliphatic rings. The standard InChI is InChI=1S/C13H21O4P/c1-6-9-10-11-15-18(14,16-12(4)7-2)17-13(5)8-3/h2-3,12-13H,6,9-11H2,1,4-5H3. The molecule has 0 aliphatic carbocycles. The van der Waals surface area contributed by atoms with Crippen molar-refractivity contribution in [2.75, 3.05) is 6.61 Å². The molecule has 0 aliphatic heterocycles. The van der Waals surface area contributed by atoms with Gasteiger partial charge >= 0.3 is 7.82 Å². The molecule has 0 aromatic rings. The van der Waals surface area contributed by atoms with E-state index in [1.54, 1.807) is 13.8 Å². The van der Waals surface area contributed by atoms with Crippen molar-refractivity contribution in [3.63, 3.8) is 0 Å². The first-order valence-electron chi connectivity index (χ1n) is 6.01. The number of hydrogen-bond acceptors (Lipinski definition) is 4. The quantitative estimate of drug-likeness (QED) is 0.367. The van der Waals surface area contributed by atoms with Gasteiger partial charge in [0.2, 0.25) is 0 Å². The second-order valence-electron chi connectivity index (χ2n) is 3.82. The van der Waals surface area contributed by atoms with E-state index in [9.17, 15) is 4.57 Å². The van der Waals surface area contributed by atoms with Gasteiger partial charge in [-0.3, -0.25) is 13.6 Å². The summed E-state index contributed by atoms with van der Waals surface area (Å²) in [5.74, 6) is 4.61. The molecular formula is C13H21O4P. The first kappa shape index (κ1) is 17.2. The van der Waals surface area contributed by atoms with Gasteiger partial charge in [-0.1, -0.05) is 31.6 Å². The van der Waals surface area contributed by atoms with Gasteiger partial charge in [-0.2, -0.15) is 0 Å². The zero-order valence-corrected chi connectivity index (χ0v) is 12.1. The van der Waals surface area contributed by atoms with E-state index in [1.165, 1.54) is 0 Å². The van der Waals surface area contributed by atoms with Gasteiger partial charge in [0.15, 0.2) is 0 Å². The van der Waals surface area contributed by atoms with Crippen LogP contribution in [-0.4, -0.2) is 18.8 Å². The van der Waals surface area contributed by atoms with Gasteiger partial charge < -0.3 is 0 Å². The molecule has 4 nitrogen and oxygen atoms in total. The first-order valence-corrected chi connectivity index (χ1v) is 7.47. The van der Waals surface area contributed by atoms with E-state index in [0.29, 0.717) is 6.61 Å². The highest BCUT2D eigenvalue weighted by atomic mass is 31.2. The van der Waals surface area contributed by atoms with E-state index in [4.69, 9.17) is 26.4 Å². The fraction of sp³-hybridized carbons (Fsp3) is 0.692. The van der Waals surface area contributed by atoms with Crippen LogP contribution in [0.3, 0.4) is 0 Å². The molecule has 2 unspecified atom stereocenters. The predicted molar refractivity (Wildman–Crippen MR) is 71.8 cm³/mol. The van der Waals surface area contributed by atoms with Crippen LogP contribution in [0.4, 0.5) is 0 Å². The Morgan fingerprint density at radius 3 is 2.00 bits per heavy atom. The Bertz CT molecular complexity index is 327. The van der Waals surface area contributed by atoms with Crippen molar-refractivity contribution in [2.24, 2.45) is 0 Å². The maximum Gasteiger partial charge on any atom is 0.477 e. The van der Waals surface area contributed by atoms with Crippen molar-refractivity contribution >= 4 is 7.82 Å². The van der Waals surface area contributed by atoms with E-state index in [2.05, 4.69) is 18.8 Å². The van der Waals surface area contributed by atoms with Crippen LogP contribution in [0.5, 0.6) is 0 Å². The van der Waals surface area contributed by atoms with E-state index < -0.39 is 20.0 Å². The van der Waals surface area contributed by atoms with Crippen LogP contribution in [0, 0.1) is 24.7 Å². The summed E-state index contributed by atoms with van der Waals surface area (Å²) in [5, 5.41) is 0. The molecule has 0 amide bonds. The van der Waals surface area contributed by atoms with E-state index in [0.717, 1.165) is 19.3 Å². The Morgan fingerprint density at radius 1 is 1.11 bits per heavy atom. The number of rotatable bonds is 9. The van der Waals surface area contributed by atoms with Crippen molar-refractivity contribution in [1.29, 1.82) is 0 Å². The molecule has 0 N–H and O–H groups in total. The normalized spacial score (nSPS) is 17.2. The van der Waals surface area contributed by atoms with Crippen molar-refractivity contribution in [1.82, 2.24) is 0 Å². The lowest BCUT2D eigenvalue weighted by Crippen LogP contribution is -2.12. The highest BCUT2D eigenvalue weighted by molar-refractivity contribution is 7.48. The average molecular weight is 272 g/mol. The molecule has 5 heteroatoms. The van der Waals surface area contributed by atoms with E-state index >= 15 is 0 Å². The summed E-state index contributed by atoms with van der Waals surface area (Å²) in [4.78, 5) is 0. The Kier molecular flexibility index (Phi) is 8.81. The average Bonchev–Trinajstić information content (AvgIpc) is 2.34. The van der Waals surface area contributed by atoms with Gasteiger partial charge in [0.25, 0.3) is 0 Å². The number of hydrogen-bond donors (Lipinski definition) is 0. The molecule has 0 aromatic carbocycles. The molecule has 0 saturated heterocycles. The minimum atomic E-state index is -3.69. The summed E-state index contributed by atoms with van der Waals surface area (Å²) in [6.07, 6.45) is 11.8. The molecule has 0 spiro atoms.